The van der Waals surface area contributed by atoms with Crippen molar-refractivity contribution in [2.45, 2.75) is 0 Å². The van der Waals surface area contributed by atoms with Gasteiger partial charge in [0.1, 0.15) is 5.75 Å². The number of hydrogen-bond acceptors (Lipinski definition) is 5. The normalized spacial score (nSPS) is 15.6. The number of benzene rings is 2. The van der Waals surface area contributed by atoms with Gasteiger partial charge in [0.2, 0.25) is 0 Å². The van der Waals surface area contributed by atoms with Crippen molar-refractivity contribution >= 4 is 47.0 Å². The smallest absolute Gasteiger partial charge is 0.427 e. The van der Waals surface area contributed by atoms with Crippen molar-refractivity contribution in [3.63, 3.8) is 0 Å². The van der Waals surface area contributed by atoms with Crippen molar-refractivity contribution < 1.29 is 24.2 Å². The molecule has 0 aliphatic carbocycles. The van der Waals surface area contributed by atoms with E-state index in [4.69, 9.17) is 32.7 Å². The highest BCUT2D eigenvalue weighted by Gasteiger charge is 2.37. The molecule has 0 bridgehead atoms. The molecule has 0 spiro atoms. The highest BCUT2D eigenvalue weighted by Crippen LogP contribution is 2.34. The average Bonchev–Trinajstić information content (AvgIpc) is 2.86. The first-order valence-electron chi connectivity index (χ1n) is 7.00. The molecule has 6 nitrogen and oxygen atoms in total. The fourth-order valence-electron chi connectivity index (χ4n) is 2.24. The van der Waals surface area contributed by atoms with Gasteiger partial charge in [0.25, 0.3) is 0 Å². The molecule has 0 unspecified atom stereocenters. The van der Waals surface area contributed by atoms with Crippen molar-refractivity contribution in [3.05, 3.63) is 57.8 Å². The van der Waals surface area contributed by atoms with Crippen LogP contribution in [-0.4, -0.2) is 24.2 Å². The van der Waals surface area contributed by atoms with Crippen LogP contribution in [0.2, 0.25) is 10.0 Å². The maximum absolute atomic E-state index is 12.5. The summed E-state index contributed by atoms with van der Waals surface area (Å²) in [6, 6.07) is 9.17. The van der Waals surface area contributed by atoms with Crippen LogP contribution in [-0.2, 0) is 9.53 Å². The van der Waals surface area contributed by atoms with E-state index in [-0.39, 0.29) is 21.6 Å². The highest BCUT2D eigenvalue weighted by molar-refractivity contribution is 6.37. The molecule has 8 heteroatoms. The van der Waals surface area contributed by atoms with Gasteiger partial charge in [-0.1, -0.05) is 23.2 Å². The van der Waals surface area contributed by atoms with Crippen LogP contribution < -0.4 is 9.64 Å². The van der Waals surface area contributed by atoms with Gasteiger partial charge in [0.05, 0.1) is 22.8 Å². The summed E-state index contributed by atoms with van der Waals surface area (Å²) in [7, 11) is 1.51. The number of rotatable bonds is 3. The Balaban J connectivity index is 1.92. The largest absolute Gasteiger partial charge is 0.505 e. The van der Waals surface area contributed by atoms with Gasteiger partial charge in [0.15, 0.2) is 11.5 Å². The van der Waals surface area contributed by atoms with E-state index < -0.39 is 12.0 Å². The van der Waals surface area contributed by atoms with Crippen LogP contribution in [0.4, 0.5) is 10.5 Å². The number of amides is 2. The fraction of sp³-hybridized carbons (Fsp3) is 0.0588. The molecule has 1 fully saturated rings. The molecule has 1 aliphatic rings. The van der Waals surface area contributed by atoms with Gasteiger partial charge in [-0.25, -0.2) is 9.69 Å². The monoisotopic (exact) mass is 379 g/mol. The standard InChI is InChI=1S/C17H11Cl2NO5/c1-24-11-4-2-10(3-5-11)20-16(22)14(25-17(20)23)8-9-6-12(18)15(21)13(19)7-9/h2-8,21H,1H3/b14-8-. The van der Waals surface area contributed by atoms with Crippen molar-refractivity contribution in [2.24, 2.45) is 0 Å². The maximum atomic E-state index is 12.5. The number of hydrogen-bond donors (Lipinski definition) is 1. The third-order valence-corrected chi connectivity index (χ3v) is 4.04. The Bertz CT molecular complexity index is 869. The number of phenolic OH excluding ortho intramolecular Hbond substituents is 1. The molecule has 2 aromatic carbocycles. The van der Waals surface area contributed by atoms with Crippen LogP contribution in [0, 0.1) is 0 Å². The van der Waals surface area contributed by atoms with Gasteiger partial charge in [-0.15, -0.1) is 0 Å². The van der Waals surface area contributed by atoms with Gasteiger partial charge < -0.3 is 14.6 Å². The SMILES string of the molecule is COc1ccc(N2C(=O)O/C(=C\c3cc(Cl)c(O)c(Cl)c3)C2=O)cc1. The number of halogens is 2. The quantitative estimate of drug-likeness (QED) is 0.807. The maximum Gasteiger partial charge on any atom is 0.427 e. The summed E-state index contributed by atoms with van der Waals surface area (Å²) in [6.45, 7) is 0. The third-order valence-electron chi connectivity index (χ3n) is 3.46. The molecule has 128 valence electrons. The number of ether oxygens (including phenoxy) is 2. The molecule has 0 aromatic heterocycles. The topological polar surface area (TPSA) is 76.1 Å². The van der Waals surface area contributed by atoms with E-state index in [0.717, 1.165) is 4.90 Å². The van der Waals surface area contributed by atoms with Gasteiger partial charge in [-0.2, -0.15) is 0 Å². The Morgan fingerprint density at radius 3 is 2.28 bits per heavy atom. The summed E-state index contributed by atoms with van der Waals surface area (Å²) in [4.78, 5) is 25.4. The van der Waals surface area contributed by atoms with Gasteiger partial charge >= 0.3 is 12.0 Å². The van der Waals surface area contributed by atoms with E-state index in [1.165, 1.54) is 25.3 Å². The lowest BCUT2D eigenvalue weighted by Gasteiger charge is -2.10. The molecule has 1 aliphatic heterocycles. The summed E-state index contributed by atoms with van der Waals surface area (Å²) in [6.07, 6.45) is 0.499. The first-order chi connectivity index (χ1) is 11.9. The minimum absolute atomic E-state index is 0.0168. The van der Waals surface area contributed by atoms with Crippen LogP contribution in [0.25, 0.3) is 6.08 Å². The zero-order valence-electron chi connectivity index (χ0n) is 12.8. The van der Waals surface area contributed by atoms with E-state index in [0.29, 0.717) is 17.0 Å². The number of aromatic hydroxyl groups is 1. The van der Waals surface area contributed by atoms with E-state index in [1.54, 1.807) is 24.3 Å². The molecule has 0 saturated carbocycles. The molecule has 0 radical (unpaired) electrons. The first-order valence-corrected chi connectivity index (χ1v) is 7.76. The second-order valence-corrected chi connectivity index (χ2v) is 5.86. The minimum Gasteiger partial charge on any atom is -0.505 e. The molecular formula is C17H11Cl2NO5. The zero-order chi connectivity index (χ0) is 18.1. The second-order valence-electron chi connectivity index (χ2n) is 5.05. The Morgan fingerprint density at radius 1 is 1.12 bits per heavy atom. The zero-order valence-corrected chi connectivity index (χ0v) is 14.3. The number of carbonyl (C=O) groups is 2. The number of phenols is 1. The molecular weight excluding hydrogens is 369 g/mol. The lowest BCUT2D eigenvalue weighted by atomic mass is 10.2. The number of anilines is 1. The number of imide groups is 1. The highest BCUT2D eigenvalue weighted by atomic mass is 35.5. The number of nitrogens with zero attached hydrogens (tertiary/aromatic N) is 1. The Morgan fingerprint density at radius 2 is 1.72 bits per heavy atom. The average molecular weight is 380 g/mol. The number of cyclic esters (lactones) is 1. The van der Waals surface area contributed by atoms with E-state index in [2.05, 4.69) is 0 Å². The number of carbonyl (C=O) groups excluding carboxylic acids is 2. The van der Waals surface area contributed by atoms with Crippen molar-refractivity contribution in [2.75, 3.05) is 12.0 Å². The lowest BCUT2D eigenvalue weighted by molar-refractivity contribution is -0.114. The second kappa shape index (κ2) is 6.66. The van der Waals surface area contributed by atoms with E-state index in [1.807, 2.05) is 0 Å². The first kappa shape index (κ1) is 17.1. The van der Waals surface area contributed by atoms with Crippen LogP contribution in [0.3, 0.4) is 0 Å². The lowest BCUT2D eigenvalue weighted by Crippen LogP contribution is -2.28. The summed E-state index contributed by atoms with van der Waals surface area (Å²) in [5, 5.41) is 9.60. The Kier molecular flexibility index (Phi) is 4.57. The van der Waals surface area contributed by atoms with Crippen LogP contribution in [0.1, 0.15) is 5.56 Å². The van der Waals surface area contributed by atoms with Crippen molar-refractivity contribution in [1.82, 2.24) is 0 Å². The third kappa shape index (κ3) is 3.26. The molecule has 1 saturated heterocycles. The van der Waals surface area contributed by atoms with Gasteiger partial charge in [0, 0.05) is 0 Å². The van der Waals surface area contributed by atoms with Crippen LogP contribution in [0.5, 0.6) is 11.5 Å². The van der Waals surface area contributed by atoms with Gasteiger partial charge in [-0.05, 0) is 48.0 Å². The molecule has 2 amide bonds. The minimum atomic E-state index is -0.822. The summed E-state index contributed by atoms with van der Waals surface area (Å²) in [5.41, 5.74) is 0.751. The van der Waals surface area contributed by atoms with Gasteiger partial charge in [-0.3, -0.25) is 4.79 Å². The molecule has 2 aromatic rings. The summed E-state index contributed by atoms with van der Waals surface area (Å²) < 4.78 is 10.1. The summed E-state index contributed by atoms with van der Waals surface area (Å²) >= 11 is 11.7. The fourth-order valence-corrected chi connectivity index (χ4v) is 2.75. The molecule has 25 heavy (non-hydrogen) atoms. The van der Waals surface area contributed by atoms with Crippen molar-refractivity contribution in [1.29, 1.82) is 0 Å². The predicted molar refractivity (Wildman–Crippen MR) is 93.1 cm³/mol. The van der Waals surface area contributed by atoms with E-state index >= 15 is 0 Å². The summed E-state index contributed by atoms with van der Waals surface area (Å²) in [5.74, 6) is -0.484. The molecule has 1 heterocycles. The van der Waals surface area contributed by atoms with E-state index in [9.17, 15) is 14.7 Å². The predicted octanol–water partition coefficient (Wildman–Crippen LogP) is 4.23. The number of methoxy groups -OCH3 is 1. The molecule has 1 N–H and O–H groups in total. The molecule has 0 atom stereocenters. The van der Waals surface area contributed by atoms with Crippen LogP contribution >= 0.6 is 23.2 Å². The Hall–Kier alpha value is -2.70. The Labute approximate surface area is 152 Å². The molecule has 3 rings (SSSR count). The van der Waals surface area contributed by atoms with Crippen LogP contribution in [0.15, 0.2) is 42.2 Å². The van der Waals surface area contributed by atoms with Crippen molar-refractivity contribution in [3.8, 4) is 11.5 Å².